The molecular weight excluding hydrogens is 272 g/mol. The van der Waals surface area contributed by atoms with Gasteiger partial charge in [-0.15, -0.1) is 0 Å². The number of phenolic OH excluding ortho intramolecular Hbond substituents is 1. The van der Waals surface area contributed by atoms with Crippen LogP contribution in [0.4, 0.5) is 0 Å². The van der Waals surface area contributed by atoms with Gasteiger partial charge >= 0.3 is 0 Å². The van der Waals surface area contributed by atoms with Gasteiger partial charge in [0, 0.05) is 23.1 Å². The fraction of sp³-hybridized carbons (Fsp3) is 0.438. The van der Waals surface area contributed by atoms with Crippen molar-refractivity contribution in [2.75, 3.05) is 7.11 Å². The van der Waals surface area contributed by atoms with Gasteiger partial charge < -0.3 is 20.1 Å². The Labute approximate surface area is 124 Å². The summed E-state index contributed by atoms with van der Waals surface area (Å²) in [6.45, 7) is 4.61. The van der Waals surface area contributed by atoms with Gasteiger partial charge in [0.15, 0.2) is 5.78 Å². The first-order chi connectivity index (χ1) is 9.81. The average Bonchev–Trinajstić information content (AvgIpc) is 2.42. The molecular formula is C16H22O5. The van der Waals surface area contributed by atoms with E-state index in [1.807, 2.05) is 0 Å². The third-order valence-corrected chi connectivity index (χ3v) is 3.44. The Hall–Kier alpha value is -2.01. The van der Waals surface area contributed by atoms with Crippen molar-refractivity contribution in [2.24, 2.45) is 5.92 Å². The standard InChI is InChI=1S/C16H22O5/c1-9(14(19)6-10(2)18)5-13-12(8-17)7-15(20)11(3)16(13)21-4/h6-7,9,17,19-20H,5,8H2,1-4H3. The number of rotatable bonds is 6. The number of aromatic hydroxyl groups is 1. The molecule has 3 N–H and O–H groups in total. The number of carbonyl (C=O) groups is 1. The van der Waals surface area contributed by atoms with Crippen molar-refractivity contribution in [1.82, 2.24) is 0 Å². The van der Waals surface area contributed by atoms with Crippen LogP contribution in [-0.2, 0) is 17.8 Å². The normalized spacial score (nSPS) is 13.1. The maximum atomic E-state index is 11.0. The SMILES string of the molecule is COc1c(C)c(O)cc(CO)c1CC(C)C(O)=CC(C)=O. The molecule has 0 bridgehead atoms. The summed E-state index contributed by atoms with van der Waals surface area (Å²) in [6, 6.07) is 1.49. The smallest absolute Gasteiger partial charge is 0.155 e. The number of benzene rings is 1. The van der Waals surface area contributed by atoms with Gasteiger partial charge in [-0.25, -0.2) is 0 Å². The Kier molecular flexibility index (Phi) is 5.79. The van der Waals surface area contributed by atoms with Crippen LogP contribution in [0.2, 0.25) is 0 Å². The lowest BCUT2D eigenvalue weighted by Gasteiger charge is -2.19. The molecule has 0 aliphatic carbocycles. The second-order valence-corrected chi connectivity index (χ2v) is 5.13. The van der Waals surface area contributed by atoms with E-state index in [9.17, 15) is 20.1 Å². The highest BCUT2D eigenvalue weighted by Gasteiger charge is 2.19. The molecule has 1 aromatic carbocycles. The van der Waals surface area contributed by atoms with Gasteiger partial charge in [-0.1, -0.05) is 6.92 Å². The zero-order chi connectivity index (χ0) is 16.2. The lowest BCUT2D eigenvalue weighted by Crippen LogP contribution is -2.09. The van der Waals surface area contributed by atoms with Gasteiger partial charge in [-0.05, 0) is 31.9 Å². The average molecular weight is 294 g/mol. The van der Waals surface area contributed by atoms with Crippen LogP contribution in [0.3, 0.4) is 0 Å². The molecule has 0 aliphatic heterocycles. The second-order valence-electron chi connectivity index (χ2n) is 5.13. The molecule has 1 atom stereocenters. The maximum absolute atomic E-state index is 11.0. The van der Waals surface area contributed by atoms with Gasteiger partial charge in [0.05, 0.1) is 19.5 Å². The zero-order valence-electron chi connectivity index (χ0n) is 12.8. The van der Waals surface area contributed by atoms with E-state index in [1.54, 1.807) is 13.8 Å². The van der Waals surface area contributed by atoms with Crippen LogP contribution < -0.4 is 4.74 Å². The number of carbonyl (C=O) groups excluding carboxylic acids is 1. The first-order valence-corrected chi connectivity index (χ1v) is 6.72. The van der Waals surface area contributed by atoms with E-state index in [4.69, 9.17) is 4.74 Å². The first-order valence-electron chi connectivity index (χ1n) is 6.72. The van der Waals surface area contributed by atoms with Gasteiger partial charge in [0.2, 0.25) is 0 Å². The largest absolute Gasteiger partial charge is 0.512 e. The summed E-state index contributed by atoms with van der Waals surface area (Å²) < 4.78 is 5.32. The van der Waals surface area contributed by atoms with Crippen molar-refractivity contribution in [1.29, 1.82) is 0 Å². The van der Waals surface area contributed by atoms with Gasteiger partial charge in [0.25, 0.3) is 0 Å². The Balaban J connectivity index is 3.23. The van der Waals surface area contributed by atoms with E-state index in [-0.39, 0.29) is 29.8 Å². The van der Waals surface area contributed by atoms with Crippen molar-refractivity contribution in [3.05, 3.63) is 34.6 Å². The number of hydrogen-bond acceptors (Lipinski definition) is 5. The van der Waals surface area contributed by atoms with E-state index in [2.05, 4.69) is 0 Å². The third-order valence-electron chi connectivity index (χ3n) is 3.44. The molecule has 0 saturated heterocycles. The van der Waals surface area contributed by atoms with Crippen LogP contribution in [-0.4, -0.2) is 28.2 Å². The lowest BCUT2D eigenvalue weighted by molar-refractivity contribution is -0.112. The fourth-order valence-electron chi connectivity index (χ4n) is 2.25. The summed E-state index contributed by atoms with van der Waals surface area (Å²) in [5.41, 5.74) is 1.83. The minimum Gasteiger partial charge on any atom is -0.512 e. The Morgan fingerprint density at radius 2 is 2.10 bits per heavy atom. The predicted molar refractivity (Wildman–Crippen MR) is 79.6 cm³/mol. The Morgan fingerprint density at radius 1 is 1.48 bits per heavy atom. The molecule has 0 aromatic heterocycles. The maximum Gasteiger partial charge on any atom is 0.155 e. The van der Waals surface area contributed by atoms with Crippen LogP contribution in [0, 0.1) is 12.8 Å². The van der Waals surface area contributed by atoms with Crippen molar-refractivity contribution >= 4 is 5.78 Å². The molecule has 21 heavy (non-hydrogen) atoms. The molecule has 0 heterocycles. The molecule has 0 fully saturated rings. The number of methoxy groups -OCH3 is 1. The molecule has 0 radical (unpaired) electrons. The second kappa shape index (κ2) is 7.13. The topological polar surface area (TPSA) is 87.0 Å². The zero-order valence-corrected chi connectivity index (χ0v) is 12.8. The summed E-state index contributed by atoms with van der Waals surface area (Å²) in [6.07, 6.45) is 1.57. The van der Waals surface area contributed by atoms with E-state index in [0.717, 1.165) is 0 Å². The highest BCUT2D eigenvalue weighted by Crippen LogP contribution is 2.36. The minimum absolute atomic E-state index is 0.0147. The molecule has 0 saturated carbocycles. The lowest BCUT2D eigenvalue weighted by atomic mass is 9.92. The molecule has 1 unspecified atom stereocenters. The fourth-order valence-corrected chi connectivity index (χ4v) is 2.25. The molecule has 5 heteroatoms. The highest BCUT2D eigenvalue weighted by atomic mass is 16.5. The first kappa shape index (κ1) is 17.0. The minimum atomic E-state index is -0.308. The van der Waals surface area contributed by atoms with Crippen molar-refractivity contribution < 1.29 is 24.9 Å². The van der Waals surface area contributed by atoms with E-state index in [0.29, 0.717) is 28.9 Å². The summed E-state index contributed by atoms with van der Waals surface area (Å²) >= 11 is 0. The van der Waals surface area contributed by atoms with Gasteiger partial charge in [-0.2, -0.15) is 0 Å². The molecule has 0 aliphatic rings. The van der Waals surface area contributed by atoms with Crippen LogP contribution in [0.15, 0.2) is 17.9 Å². The summed E-state index contributed by atoms with van der Waals surface area (Å²) in [5, 5.41) is 29.2. The summed E-state index contributed by atoms with van der Waals surface area (Å²) in [4.78, 5) is 11.0. The molecule has 1 rings (SSSR count). The molecule has 0 amide bonds. The number of hydrogen-bond donors (Lipinski definition) is 3. The molecule has 0 spiro atoms. The Bertz CT molecular complexity index is 560. The van der Waals surface area contributed by atoms with Crippen molar-refractivity contribution in [3.63, 3.8) is 0 Å². The number of ketones is 1. The third kappa shape index (κ3) is 3.98. The number of allylic oxidation sites excluding steroid dienone is 2. The van der Waals surface area contributed by atoms with Gasteiger partial charge in [-0.3, -0.25) is 4.79 Å². The predicted octanol–water partition coefficient (Wildman–Crippen LogP) is 2.41. The Morgan fingerprint density at radius 3 is 2.57 bits per heavy atom. The molecule has 1 aromatic rings. The highest BCUT2D eigenvalue weighted by molar-refractivity contribution is 5.87. The monoisotopic (exact) mass is 294 g/mol. The number of aliphatic hydroxyl groups excluding tert-OH is 2. The van der Waals surface area contributed by atoms with Crippen molar-refractivity contribution in [2.45, 2.75) is 33.8 Å². The van der Waals surface area contributed by atoms with E-state index >= 15 is 0 Å². The van der Waals surface area contributed by atoms with Crippen molar-refractivity contribution in [3.8, 4) is 11.5 Å². The molecule has 5 nitrogen and oxygen atoms in total. The molecule has 116 valence electrons. The van der Waals surface area contributed by atoms with Gasteiger partial charge in [0.1, 0.15) is 11.5 Å². The van der Waals surface area contributed by atoms with Crippen LogP contribution in [0.1, 0.15) is 30.5 Å². The summed E-state index contributed by atoms with van der Waals surface area (Å²) in [7, 11) is 1.49. The van der Waals surface area contributed by atoms with Crippen LogP contribution >= 0.6 is 0 Å². The number of aliphatic hydroxyl groups is 2. The van der Waals surface area contributed by atoms with E-state index < -0.39 is 0 Å². The van der Waals surface area contributed by atoms with Crippen LogP contribution in [0.5, 0.6) is 11.5 Å². The number of phenols is 1. The number of ether oxygens (including phenoxy) is 1. The van der Waals surface area contributed by atoms with E-state index in [1.165, 1.54) is 26.2 Å². The summed E-state index contributed by atoms with van der Waals surface area (Å²) in [5.74, 6) is -0.0101. The van der Waals surface area contributed by atoms with Crippen LogP contribution in [0.25, 0.3) is 0 Å². The quantitative estimate of drug-likeness (QED) is 0.554.